The van der Waals surface area contributed by atoms with Crippen LogP contribution < -0.4 is 10.6 Å². The molecule has 27 heavy (non-hydrogen) atoms. The van der Waals surface area contributed by atoms with Gasteiger partial charge >= 0.3 is 12.0 Å². The third kappa shape index (κ3) is 4.45. The highest BCUT2D eigenvalue weighted by Gasteiger charge is 2.31. The summed E-state index contributed by atoms with van der Waals surface area (Å²) < 4.78 is 6.35. The number of hydrogen-bond donors (Lipinski definition) is 2. The summed E-state index contributed by atoms with van der Waals surface area (Å²) in [4.78, 5) is 31.1. The number of para-hydroxylation sites is 1. The first-order valence-electron chi connectivity index (χ1n) is 9.02. The first-order chi connectivity index (χ1) is 13.0. The normalized spacial score (nSPS) is 17.2. The molecule has 1 aliphatic heterocycles. The summed E-state index contributed by atoms with van der Waals surface area (Å²) >= 11 is 1.65. The van der Waals surface area contributed by atoms with Gasteiger partial charge in [0.25, 0.3) is 0 Å². The molecule has 0 unspecified atom stereocenters. The topological polar surface area (TPSA) is 83.6 Å². The Morgan fingerprint density at radius 1 is 1.30 bits per heavy atom. The molecule has 1 aliphatic rings. The quantitative estimate of drug-likeness (QED) is 0.713. The SMILES string of the molecule is CCOC(=O)C1=C(CN(C)Cc2nc3ccccc3s2)NC(=O)N[C@H]1CC. The van der Waals surface area contributed by atoms with E-state index in [0.717, 1.165) is 15.2 Å². The van der Waals surface area contributed by atoms with Crippen molar-refractivity contribution in [2.24, 2.45) is 0 Å². The third-order valence-corrected chi connectivity index (χ3v) is 5.34. The molecule has 1 atom stereocenters. The van der Waals surface area contributed by atoms with Gasteiger partial charge in [-0.2, -0.15) is 0 Å². The molecule has 0 saturated carbocycles. The van der Waals surface area contributed by atoms with Gasteiger partial charge in [-0.15, -0.1) is 11.3 Å². The first kappa shape index (κ1) is 19.3. The monoisotopic (exact) mass is 388 g/mol. The van der Waals surface area contributed by atoms with Crippen LogP contribution in [0.2, 0.25) is 0 Å². The Kier molecular flexibility index (Phi) is 6.08. The molecule has 2 amide bonds. The fourth-order valence-corrected chi connectivity index (χ4v) is 4.18. The number of ether oxygens (including phenoxy) is 1. The molecular weight excluding hydrogens is 364 g/mol. The summed E-state index contributed by atoms with van der Waals surface area (Å²) in [6, 6.07) is 7.38. The molecule has 2 N–H and O–H groups in total. The largest absolute Gasteiger partial charge is 0.463 e. The molecule has 0 bridgehead atoms. The Morgan fingerprint density at radius 2 is 2.07 bits per heavy atom. The predicted octanol–water partition coefficient (Wildman–Crippen LogP) is 2.64. The van der Waals surface area contributed by atoms with Crippen molar-refractivity contribution in [1.29, 1.82) is 0 Å². The number of thiazole rings is 1. The molecule has 7 nitrogen and oxygen atoms in total. The molecular formula is C19H24N4O3S. The van der Waals surface area contributed by atoms with E-state index in [4.69, 9.17) is 4.74 Å². The van der Waals surface area contributed by atoms with E-state index in [2.05, 4.69) is 21.7 Å². The average Bonchev–Trinajstić information content (AvgIpc) is 3.03. The molecule has 0 aliphatic carbocycles. The van der Waals surface area contributed by atoms with Crippen LogP contribution in [0.3, 0.4) is 0 Å². The molecule has 2 aromatic rings. The molecule has 1 aromatic carbocycles. The Hall–Kier alpha value is -2.45. The summed E-state index contributed by atoms with van der Waals surface area (Å²) in [6.45, 7) is 5.04. The zero-order valence-electron chi connectivity index (χ0n) is 15.7. The van der Waals surface area contributed by atoms with Crippen LogP contribution in [-0.4, -0.2) is 48.1 Å². The zero-order chi connectivity index (χ0) is 19.4. The smallest absolute Gasteiger partial charge is 0.337 e. The van der Waals surface area contributed by atoms with Gasteiger partial charge in [-0.3, -0.25) is 4.90 Å². The Balaban J connectivity index is 1.80. The number of carbonyl (C=O) groups is 2. The highest BCUT2D eigenvalue weighted by Crippen LogP contribution is 2.23. The van der Waals surface area contributed by atoms with Crippen LogP contribution in [0.25, 0.3) is 10.2 Å². The number of amides is 2. The number of rotatable bonds is 7. The molecule has 8 heteroatoms. The molecule has 0 radical (unpaired) electrons. The van der Waals surface area contributed by atoms with Crippen molar-refractivity contribution in [3.63, 3.8) is 0 Å². The molecule has 0 saturated heterocycles. The van der Waals surface area contributed by atoms with Gasteiger partial charge in [0.2, 0.25) is 0 Å². The lowest BCUT2D eigenvalue weighted by Crippen LogP contribution is -2.51. The number of likely N-dealkylation sites (N-methyl/N-ethyl adjacent to an activating group) is 1. The van der Waals surface area contributed by atoms with Crippen LogP contribution >= 0.6 is 11.3 Å². The number of nitrogens with one attached hydrogen (secondary N) is 2. The third-order valence-electron chi connectivity index (χ3n) is 4.32. The van der Waals surface area contributed by atoms with E-state index >= 15 is 0 Å². The maximum atomic E-state index is 12.4. The number of benzene rings is 1. The molecule has 0 spiro atoms. The van der Waals surface area contributed by atoms with Crippen LogP contribution in [0.5, 0.6) is 0 Å². The van der Waals surface area contributed by atoms with Gasteiger partial charge in [-0.25, -0.2) is 14.6 Å². The van der Waals surface area contributed by atoms with Crippen molar-refractivity contribution in [1.82, 2.24) is 20.5 Å². The lowest BCUT2D eigenvalue weighted by molar-refractivity contribution is -0.139. The van der Waals surface area contributed by atoms with Crippen LogP contribution in [0.1, 0.15) is 25.3 Å². The molecule has 3 rings (SSSR count). The Bertz CT molecular complexity index is 844. The van der Waals surface area contributed by atoms with E-state index < -0.39 is 0 Å². The van der Waals surface area contributed by atoms with E-state index in [1.807, 2.05) is 37.1 Å². The minimum absolute atomic E-state index is 0.293. The Labute approximate surface area is 162 Å². The number of urea groups is 1. The van der Waals surface area contributed by atoms with Crippen molar-refractivity contribution >= 4 is 33.6 Å². The van der Waals surface area contributed by atoms with Gasteiger partial charge in [-0.05, 0) is 32.5 Å². The van der Waals surface area contributed by atoms with Gasteiger partial charge < -0.3 is 15.4 Å². The van der Waals surface area contributed by atoms with Gasteiger partial charge in [0.1, 0.15) is 5.01 Å². The van der Waals surface area contributed by atoms with Crippen molar-refractivity contribution < 1.29 is 14.3 Å². The van der Waals surface area contributed by atoms with Crippen molar-refractivity contribution in [3.05, 3.63) is 40.5 Å². The van der Waals surface area contributed by atoms with Crippen LogP contribution in [0, 0.1) is 0 Å². The summed E-state index contributed by atoms with van der Waals surface area (Å²) in [5.41, 5.74) is 2.07. The molecule has 144 valence electrons. The van der Waals surface area contributed by atoms with E-state index in [9.17, 15) is 9.59 Å². The Morgan fingerprint density at radius 3 is 2.78 bits per heavy atom. The maximum Gasteiger partial charge on any atom is 0.337 e. The van der Waals surface area contributed by atoms with E-state index in [1.165, 1.54) is 0 Å². The molecule has 2 heterocycles. The van der Waals surface area contributed by atoms with E-state index in [-0.39, 0.29) is 18.0 Å². The standard InChI is InChI=1S/C19H24N4O3S/c1-4-12-17(18(24)26-5-2)14(22-19(25)21-12)10-23(3)11-16-20-13-8-6-7-9-15(13)27-16/h6-9,12H,4-5,10-11H2,1-3H3,(H2,21,22,25)/t12-/m0/s1. The van der Waals surface area contributed by atoms with Gasteiger partial charge in [-0.1, -0.05) is 19.1 Å². The van der Waals surface area contributed by atoms with Gasteiger partial charge in [0.15, 0.2) is 0 Å². The van der Waals surface area contributed by atoms with Crippen LogP contribution in [-0.2, 0) is 16.1 Å². The second-order valence-electron chi connectivity index (χ2n) is 6.42. The van der Waals surface area contributed by atoms with Gasteiger partial charge in [0.05, 0.1) is 35.0 Å². The number of aromatic nitrogens is 1. The molecule has 1 aromatic heterocycles. The number of nitrogens with zero attached hydrogens (tertiary/aromatic N) is 2. The number of fused-ring (bicyclic) bond motifs is 1. The summed E-state index contributed by atoms with van der Waals surface area (Å²) in [7, 11) is 1.94. The minimum atomic E-state index is -0.389. The highest BCUT2D eigenvalue weighted by atomic mass is 32.1. The fourth-order valence-electron chi connectivity index (χ4n) is 3.13. The summed E-state index contributed by atoms with van der Waals surface area (Å²) in [6.07, 6.45) is 0.618. The first-order valence-corrected chi connectivity index (χ1v) is 9.84. The van der Waals surface area contributed by atoms with Crippen molar-refractivity contribution in [3.8, 4) is 0 Å². The van der Waals surface area contributed by atoms with Gasteiger partial charge in [0, 0.05) is 12.2 Å². The summed E-state index contributed by atoms with van der Waals surface area (Å²) in [5.74, 6) is -0.389. The highest BCUT2D eigenvalue weighted by molar-refractivity contribution is 7.18. The van der Waals surface area contributed by atoms with E-state index in [1.54, 1.807) is 18.3 Å². The number of esters is 1. The predicted molar refractivity (Wildman–Crippen MR) is 105 cm³/mol. The van der Waals surface area contributed by atoms with Crippen molar-refractivity contribution in [2.75, 3.05) is 20.2 Å². The second-order valence-corrected chi connectivity index (χ2v) is 7.53. The molecule has 0 fully saturated rings. The second kappa shape index (κ2) is 8.49. The van der Waals surface area contributed by atoms with E-state index in [0.29, 0.717) is 37.4 Å². The number of carbonyl (C=O) groups excluding carboxylic acids is 2. The van der Waals surface area contributed by atoms with Crippen molar-refractivity contribution in [2.45, 2.75) is 32.9 Å². The zero-order valence-corrected chi connectivity index (χ0v) is 16.6. The fraction of sp³-hybridized carbons (Fsp3) is 0.421. The lowest BCUT2D eigenvalue weighted by atomic mass is 10.00. The summed E-state index contributed by atoms with van der Waals surface area (Å²) in [5, 5.41) is 6.56. The maximum absolute atomic E-state index is 12.4. The van der Waals surface area contributed by atoms with Crippen LogP contribution in [0.4, 0.5) is 4.79 Å². The lowest BCUT2D eigenvalue weighted by Gasteiger charge is -2.30. The van der Waals surface area contributed by atoms with Crippen LogP contribution in [0.15, 0.2) is 35.5 Å². The number of hydrogen-bond acceptors (Lipinski definition) is 6. The minimum Gasteiger partial charge on any atom is -0.463 e. The average molecular weight is 388 g/mol.